The first-order chi connectivity index (χ1) is 15.1. The molecule has 0 saturated carbocycles. The zero-order valence-corrected chi connectivity index (χ0v) is 18.7. The van der Waals surface area contributed by atoms with E-state index < -0.39 is 0 Å². The van der Waals surface area contributed by atoms with Crippen molar-refractivity contribution in [3.05, 3.63) is 88.7 Å². The first kappa shape index (κ1) is 21.1. The van der Waals surface area contributed by atoms with E-state index >= 15 is 0 Å². The van der Waals surface area contributed by atoms with Crippen LogP contribution in [0.4, 0.5) is 0 Å². The molecule has 0 aliphatic rings. The Kier molecular flexibility index (Phi) is 6.32. The number of carbonyl (C=O) groups is 1. The third-order valence-electron chi connectivity index (χ3n) is 5.39. The lowest BCUT2D eigenvalue weighted by Gasteiger charge is -2.20. The van der Waals surface area contributed by atoms with Gasteiger partial charge in [-0.2, -0.15) is 4.98 Å². The van der Waals surface area contributed by atoms with Crippen LogP contribution in [0, 0.1) is 13.8 Å². The van der Waals surface area contributed by atoms with Gasteiger partial charge in [-0.25, -0.2) is 9.50 Å². The number of nitrogens with zero attached hydrogens (tertiary/aromatic N) is 4. The summed E-state index contributed by atoms with van der Waals surface area (Å²) in [6, 6.07) is 19.9. The number of aryl methyl sites for hydroxylation is 2. The minimum atomic E-state index is -0.183. The average Bonchev–Trinajstić information content (AvgIpc) is 3.22. The van der Waals surface area contributed by atoms with Crippen LogP contribution >= 0.6 is 11.8 Å². The van der Waals surface area contributed by atoms with Gasteiger partial charge in [0.15, 0.2) is 0 Å². The maximum atomic E-state index is 12.9. The van der Waals surface area contributed by atoms with Crippen LogP contribution in [0.2, 0.25) is 0 Å². The third-order valence-corrected chi connectivity index (χ3v) is 5.92. The maximum absolute atomic E-state index is 12.9. The predicted octanol–water partition coefficient (Wildman–Crippen LogP) is 4.30. The lowest BCUT2D eigenvalue weighted by molar-refractivity contribution is -0.121. The molecule has 0 radical (unpaired) electrons. The number of fused-ring (bicyclic) bond motifs is 1. The Hall–Kier alpha value is -3.19. The quantitative estimate of drug-likeness (QED) is 0.442. The van der Waals surface area contributed by atoms with Crippen molar-refractivity contribution in [2.24, 2.45) is 0 Å². The molecule has 0 unspecified atom stereocenters. The van der Waals surface area contributed by atoms with Crippen LogP contribution in [-0.2, 0) is 11.2 Å². The van der Waals surface area contributed by atoms with Crippen molar-refractivity contribution in [3.63, 3.8) is 0 Å². The van der Waals surface area contributed by atoms with Gasteiger partial charge in [0.1, 0.15) is 0 Å². The van der Waals surface area contributed by atoms with Crippen LogP contribution in [0.15, 0.2) is 65.8 Å². The maximum Gasteiger partial charge on any atom is 0.253 e. The van der Waals surface area contributed by atoms with E-state index in [0.29, 0.717) is 23.8 Å². The Morgan fingerprint density at radius 3 is 2.19 bits per heavy atom. The van der Waals surface area contributed by atoms with Crippen LogP contribution in [0.3, 0.4) is 0 Å². The molecule has 0 atom stereocenters. The molecule has 0 saturated heterocycles. The molecule has 4 rings (SSSR count). The van der Waals surface area contributed by atoms with Crippen LogP contribution in [-0.4, -0.2) is 31.7 Å². The van der Waals surface area contributed by atoms with Crippen molar-refractivity contribution >= 4 is 23.4 Å². The van der Waals surface area contributed by atoms with E-state index in [0.717, 1.165) is 28.1 Å². The Morgan fingerprint density at radius 1 is 1.00 bits per heavy atom. The monoisotopic (exact) mass is 431 g/mol. The Morgan fingerprint density at radius 2 is 1.61 bits per heavy atom. The molecular formula is C24H25N5OS. The molecule has 0 aliphatic carbocycles. The first-order valence-electron chi connectivity index (χ1n) is 10.2. The summed E-state index contributed by atoms with van der Waals surface area (Å²) >= 11 is 1.49. The lowest BCUT2D eigenvalue weighted by atomic mass is 9.98. The molecule has 0 aliphatic heterocycles. The fourth-order valence-corrected chi connectivity index (χ4v) is 4.10. The Bertz CT molecular complexity index is 1150. The SMILES string of the molecule is CSc1nc2nc(C)c(CCC(=O)NC(c3ccccc3)c3ccccc3)c(C)n2n1. The lowest BCUT2D eigenvalue weighted by Crippen LogP contribution is -2.29. The van der Waals surface area contributed by atoms with E-state index in [1.54, 1.807) is 4.52 Å². The molecule has 0 bridgehead atoms. The molecule has 2 heterocycles. The van der Waals surface area contributed by atoms with Gasteiger partial charge in [0.05, 0.1) is 6.04 Å². The zero-order valence-electron chi connectivity index (χ0n) is 17.9. The average molecular weight is 432 g/mol. The van der Waals surface area contributed by atoms with Crippen molar-refractivity contribution in [1.82, 2.24) is 24.9 Å². The second-order valence-corrected chi connectivity index (χ2v) is 8.17. The van der Waals surface area contributed by atoms with Crippen LogP contribution in [0.5, 0.6) is 0 Å². The van der Waals surface area contributed by atoms with Gasteiger partial charge in [-0.1, -0.05) is 72.4 Å². The standard InChI is InChI=1S/C24H25N5OS/c1-16-20(17(2)29-23(25-16)27-24(28-29)31-3)14-15-21(30)26-22(18-10-6-4-7-11-18)19-12-8-5-9-13-19/h4-13,22H,14-15H2,1-3H3,(H,26,30). The molecule has 0 spiro atoms. The summed E-state index contributed by atoms with van der Waals surface area (Å²) in [6.45, 7) is 3.97. The fourth-order valence-electron chi connectivity index (χ4n) is 3.76. The van der Waals surface area contributed by atoms with Gasteiger partial charge in [-0.15, -0.1) is 5.10 Å². The van der Waals surface area contributed by atoms with E-state index in [-0.39, 0.29) is 11.9 Å². The van der Waals surface area contributed by atoms with Gasteiger partial charge in [0.2, 0.25) is 11.1 Å². The molecule has 158 valence electrons. The summed E-state index contributed by atoms with van der Waals surface area (Å²) in [4.78, 5) is 21.9. The second-order valence-electron chi connectivity index (χ2n) is 7.39. The van der Waals surface area contributed by atoms with E-state index in [2.05, 4.69) is 20.4 Å². The summed E-state index contributed by atoms with van der Waals surface area (Å²) in [5, 5.41) is 8.40. The number of benzene rings is 2. The number of carbonyl (C=O) groups excluding carboxylic acids is 1. The van der Waals surface area contributed by atoms with E-state index in [1.165, 1.54) is 11.8 Å². The number of hydrogen-bond acceptors (Lipinski definition) is 5. The molecule has 31 heavy (non-hydrogen) atoms. The highest BCUT2D eigenvalue weighted by molar-refractivity contribution is 7.98. The zero-order chi connectivity index (χ0) is 21.8. The minimum Gasteiger partial charge on any atom is -0.345 e. The van der Waals surface area contributed by atoms with E-state index in [1.807, 2.05) is 80.8 Å². The predicted molar refractivity (Wildman–Crippen MR) is 123 cm³/mol. The van der Waals surface area contributed by atoms with Crippen molar-refractivity contribution < 1.29 is 4.79 Å². The molecule has 1 N–H and O–H groups in total. The van der Waals surface area contributed by atoms with Crippen molar-refractivity contribution in [1.29, 1.82) is 0 Å². The summed E-state index contributed by atoms with van der Waals surface area (Å²) in [5.41, 5.74) is 5.02. The topological polar surface area (TPSA) is 72.2 Å². The van der Waals surface area contributed by atoms with E-state index in [9.17, 15) is 4.79 Å². The second kappa shape index (κ2) is 9.31. The normalized spacial score (nSPS) is 11.2. The van der Waals surface area contributed by atoms with Crippen LogP contribution < -0.4 is 5.32 Å². The van der Waals surface area contributed by atoms with Gasteiger partial charge in [-0.3, -0.25) is 4.79 Å². The molecular weight excluding hydrogens is 406 g/mol. The molecule has 0 fully saturated rings. The van der Waals surface area contributed by atoms with Crippen LogP contribution in [0.25, 0.3) is 5.78 Å². The Labute approximate surface area is 186 Å². The van der Waals surface area contributed by atoms with Crippen molar-refractivity contribution in [2.75, 3.05) is 6.26 Å². The summed E-state index contributed by atoms with van der Waals surface area (Å²) in [5.74, 6) is 0.598. The number of hydrogen-bond donors (Lipinski definition) is 1. The van der Waals surface area contributed by atoms with Crippen molar-refractivity contribution in [3.8, 4) is 0 Å². The molecule has 2 aromatic carbocycles. The fraction of sp³-hybridized carbons (Fsp3) is 0.250. The summed E-state index contributed by atoms with van der Waals surface area (Å²) < 4.78 is 1.77. The number of aromatic nitrogens is 4. The number of nitrogens with one attached hydrogen (secondary N) is 1. The van der Waals surface area contributed by atoms with Gasteiger partial charge in [0, 0.05) is 17.8 Å². The molecule has 1 amide bonds. The molecule has 7 heteroatoms. The summed E-state index contributed by atoms with van der Waals surface area (Å²) in [7, 11) is 0. The highest BCUT2D eigenvalue weighted by atomic mass is 32.2. The van der Waals surface area contributed by atoms with Gasteiger partial charge in [-0.05, 0) is 43.2 Å². The van der Waals surface area contributed by atoms with Gasteiger partial charge < -0.3 is 5.32 Å². The highest BCUT2D eigenvalue weighted by Crippen LogP contribution is 2.23. The first-order valence-corrected chi connectivity index (χ1v) is 11.5. The van der Waals surface area contributed by atoms with Crippen LogP contribution in [0.1, 0.15) is 40.5 Å². The third kappa shape index (κ3) is 4.61. The minimum absolute atomic E-state index is 0.00000357. The smallest absolute Gasteiger partial charge is 0.253 e. The van der Waals surface area contributed by atoms with Crippen molar-refractivity contribution in [2.45, 2.75) is 37.9 Å². The number of thioether (sulfide) groups is 1. The number of amides is 1. The summed E-state index contributed by atoms with van der Waals surface area (Å²) in [6.07, 6.45) is 2.91. The Balaban J connectivity index is 1.53. The molecule has 2 aromatic heterocycles. The number of rotatable bonds is 7. The van der Waals surface area contributed by atoms with E-state index in [4.69, 9.17) is 0 Å². The van der Waals surface area contributed by atoms with Gasteiger partial charge >= 0.3 is 0 Å². The largest absolute Gasteiger partial charge is 0.345 e. The molecule has 4 aromatic rings. The highest BCUT2D eigenvalue weighted by Gasteiger charge is 2.18. The van der Waals surface area contributed by atoms with Gasteiger partial charge in [0.25, 0.3) is 5.78 Å². The molecule has 6 nitrogen and oxygen atoms in total.